The fourth-order valence-electron chi connectivity index (χ4n) is 2.40. The molecule has 0 aliphatic carbocycles. The van der Waals surface area contributed by atoms with E-state index >= 15 is 0 Å². The molecule has 0 atom stereocenters. The molecule has 5 nitrogen and oxygen atoms in total. The summed E-state index contributed by atoms with van der Waals surface area (Å²) in [6.07, 6.45) is 0. The molecule has 0 spiro atoms. The van der Waals surface area contributed by atoms with Crippen LogP contribution in [0.2, 0.25) is 0 Å². The summed E-state index contributed by atoms with van der Waals surface area (Å²) in [5.41, 5.74) is 3.56. The van der Waals surface area contributed by atoms with Crippen molar-refractivity contribution >= 4 is 29.0 Å². The summed E-state index contributed by atoms with van der Waals surface area (Å²) in [5, 5.41) is 8.32. The van der Waals surface area contributed by atoms with Crippen molar-refractivity contribution in [2.75, 3.05) is 16.0 Å². The number of carbonyl (C=O) groups is 2. The topological polar surface area (TPSA) is 70.2 Å². The van der Waals surface area contributed by atoms with Crippen molar-refractivity contribution in [2.24, 2.45) is 0 Å². The Hall–Kier alpha value is -3.60. The molecule has 0 saturated carbocycles. The highest BCUT2D eigenvalue weighted by atomic mass is 16.2. The highest BCUT2D eigenvalue weighted by Crippen LogP contribution is 2.17. The van der Waals surface area contributed by atoms with Crippen molar-refractivity contribution in [3.05, 3.63) is 90.0 Å². The first-order chi connectivity index (χ1) is 12.6. The van der Waals surface area contributed by atoms with Gasteiger partial charge in [-0.1, -0.05) is 42.0 Å². The Morgan fingerprint density at radius 3 is 1.92 bits per heavy atom. The van der Waals surface area contributed by atoms with E-state index in [9.17, 15) is 9.59 Å². The predicted octanol–water partition coefficient (Wildman–Crippen LogP) is 4.89. The van der Waals surface area contributed by atoms with E-state index < -0.39 is 0 Å². The number of hydrogen-bond acceptors (Lipinski definition) is 2. The van der Waals surface area contributed by atoms with Crippen LogP contribution in [0.25, 0.3) is 0 Å². The van der Waals surface area contributed by atoms with Gasteiger partial charge < -0.3 is 16.0 Å². The lowest BCUT2D eigenvalue weighted by Gasteiger charge is -2.10. The second kappa shape index (κ2) is 7.98. The van der Waals surface area contributed by atoms with Crippen LogP contribution in [0, 0.1) is 6.92 Å². The normalized spacial score (nSPS) is 10.0. The van der Waals surface area contributed by atoms with Gasteiger partial charge in [0.2, 0.25) is 0 Å². The molecule has 26 heavy (non-hydrogen) atoms. The lowest BCUT2D eigenvalue weighted by atomic mass is 10.1. The molecule has 0 fully saturated rings. The molecule has 0 unspecified atom stereocenters. The Bertz CT molecular complexity index is 906. The van der Waals surface area contributed by atoms with E-state index in [0.29, 0.717) is 22.6 Å². The minimum absolute atomic E-state index is 0.198. The summed E-state index contributed by atoms with van der Waals surface area (Å²) >= 11 is 0. The number of rotatable bonds is 4. The van der Waals surface area contributed by atoms with Crippen molar-refractivity contribution in [3.63, 3.8) is 0 Å². The zero-order chi connectivity index (χ0) is 18.4. The molecule has 0 aliphatic heterocycles. The molecule has 0 radical (unpaired) electrons. The van der Waals surface area contributed by atoms with Crippen molar-refractivity contribution in [2.45, 2.75) is 6.92 Å². The van der Waals surface area contributed by atoms with Gasteiger partial charge in [0.1, 0.15) is 0 Å². The number of urea groups is 1. The minimum Gasteiger partial charge on any atom is -0.322 e. The third-order valence-corrected chi connectivity index (χ3v) is 3.72. The summed E-state index contributed by atoms with van der Waals surface area (Å²) in [7, 11) is 0. The summed E-state index contributed by atoms with van der Waals surface area (Å²) in [4.78, 5) is 24.3. The van der Waals surface area contributed by atoms with E-state index in [1.807, 2.05) is 37.3 Å². The van der Waals surface area contributed by atoms with Crippen LogP contribution < -0.4 is 16.0 Å². The minimum atomic E-state index is -0.349. The third kappa shape index (κ3) is 4.70. The first kappa shape index (κ1) is 17.2. The third-order valence-electron chi connectivity index (χ3n) is 3.72. The number of nitrogens with one attached hydrogen (secondary N) is 3. The first-order valence-corrected chi connectivity index (χ1v) is 8.21. The van der Waals surface area contributed by atoms with Gasteiger partial charge in [-0.25, -0.2) is 4.79 Å². The number of carbonyl (C=O) groups excluding carboxylic acids is 2. The maximum Gasteiger partial charge on any atom is 0.323 e. The molecule has 0 bridgehead atoms. The van der Waals surface area contributed by atoms with Gasteiger partial charge in [-0.15, -0.1) is 0 Å². The quantitative estimate of drug-likeness (QED) is 0.630. The molecule has 3 rings (SSSR count). The smallest absolute Gasteiger partial charge is 0.322 e. The van der Waals surface area contributed by atoms with Gasteiger partial charge in [0.15, 0.2) is 0 Å². The zero-order valence-electron chi connectivity index (χ0n) is 14.3. The van der Waals surface area contributed by atoms with Crippen LogP contribution >= 0.6 is 0 Å². The van der Waals surface area contributed by atoms with E-state index in [1.54, 1.807) is 48.5 Å². The van der Waals surface area contributed by atoms with Crippen LogP contribution in [0.4, 0.5) is 21.9 Å². The number of anilines is 3. The number of hydrogen-bond donors (Lipinski definition) is 3. The molecular weight excluding hydrogens is 326 g/mol. The van der Waals surface area contributed by atoms with Crippen molar-refractivity contribution < 1.29 is 9.59 Å². The highest BCUT2D eigenvalue weighted by Gasteiger charge is 2.07. The van der Waals surface area contributed by atoms with Gasteiger partial charge in [0, 0.05) is 22.6 Å². The SMILES string of the molecule is Cc1ccc(C(=O)Nc2cccc(NC(=O)Nc3ccccc3)c2)cc1. The highest BCUT2D eigenvalue weighted by molar-refractivity contribution is 6.05. The Kier molecular flexibility index (Phi) is 5.29. The summed E-state index contributed by atoms with van der Waals surface area (Å²) < 4.78 is 0. The summed E-state index contributed by atoms with van der Waals surface area (Å²) in [6, 6.07) is 23.2. The maximum atomic E-state index is 12.3. The number of para-hydroxylation sites is 1. The Morgan fingerprint density at radius 2 is 1.23 bits per heavy atom. The molecule has 0 aliphatic rings. The van der Waals surface area contributed by atoms with Crippen LogP contribution in [0.15, 0.2) is 78.9 Å². The molecule has 3 amide bonds. The summed E-state index contributed by atoms with van der Waals surface area (Å²) in [5.74, 6) is -0.198. The Morgan fingerprint density at radius 1 is 0.654 bits per heavy atom. The van der Waals surface area contributed by atoms with Gasteiger partial charge in [-0.05, 0) is 49.4 Å². The second-order valence-electron chi connectivity index (χ2n) is 5.85. The predicted molar refractivity (Wildman–Crippen MR) is 105 cm³/mol. The van der Waals surface area contributed by atoms with E-state index in [2.05, 4.69) is 16.0 Å². The Labute approximate surface area is 152 Å². The van der Waals surface area contributed by atoms with Gasteiger partial charge >= 0.3 is 6.03 Å². The van der Waals surface area contributed by atoms with Crippen LogP contribution in [0.1, 0.15) is 15.9 Å². The number of benzene rings is 3. The molecule has 0 aromatic heterocycles. The van der Waals surface area contributed by atoms with E-state index in [-0.39, 0.29) is 11.9 Å². The van der Waals surface area contributed by atoms with Crippen molar-refractivity contribution in [3.8, 4) is 0 Å². The average molecular weight is 345 g/mol. The molecule has 0 saturated heterocycles. The van der Waals surface area contributed by atoms with E-state index in [0.717, 1.165) is 5.56 Å². The van der Waals surface area contributed by atoms with Gasteiger partial charge in [-0.2, -0.15) is 0 Å². The molecule has 3 aromatic rings. The standard InChI is InChI=1S/C21H19N3O2/c1-15-10-12-16(13-11-15)20(25)22-18-8-5-9-19(14-18)24-21(26)23-17-6-3-2-4-7-17/h2-14H,1H3,(H,22,25)(H2,23,24,26). The second-order valence-corrected chi connectivity index (χ2v) is 5.85. The van der Waals surface area contributed by atoms with Gasteiger partial charge in [-0.3, -0.25) is 4.79 Å². The van der Waals surface area contributed by atoms with Crippen LogP contribution in [-0.4, -0.2) is 11.9 Å². The lowest BCUT2D eigenvalue weighted by Crippen LogP contribution is -2.19. The van der Waals surface area contributed by atoms with Crippen LogP contribution in [-0.2, 0) is 0 Å². The largest absolute Gasteiger partial charge is 0.323 e. The van der Waals surface area contributed by atoms with E-state index in [4.69, 9.17) is 0 Å². The van der Waals surface area contributed by atoms with Crippen LogP contribution in [0.5, 0.6) is 0 Å². The first-order valence-electron chi connectivity index (χ1n) is 8.21. The van der Waals surface area contributed by atoms with Crippen molar-refractivity contribution in [1.29, 1.82) is 0 Å². The molecular formula is C21H19N3O2. The molecule has 5 heteroatoms. The van der Waals surface area contributed by atoms with Crippen LogP contribution in [0.3, 0.4) is 0 Å². The molecule has 3 N–H and O–H groups in total. The Balaban J connectivity index is 1.63. The number of aryl methyl sites for hydroxylation is 1. The molecule has 3 aromatic carbocycles. The molecule has 0 heterocycles. The lowest BCUT2D eigenvalue weighted by molar-refractivity contribution is 0.102. The summed E-state index contributed by atoms with van der Waals surface area (Å²) in [6.45, 7) is 1.97. The zero-order valence-corrected chi connectivity index (χ0v) is 14.3. The number of amides is 3. The fraction of sp³-hybridized carbons (Fsp3) is 0.0476. The van der Waals surface area contributed by atoms with Gasteiger partial charge in [0.25, 0.3) is 5.91 Å². The van der Waals surface area contributed by atoms with Crippen molar-refractivity contribution in [1.82, 2.24) is 0 Å². The molecule has 130 valence electrons. The fourth-order valence-corrected chi connectivity index (χ4v) is 2.40. The van der Waals surface area contributed by atoms with E-state index in [1.165, 1.54) is 0 Å². The maximum absolute atomic E-state index is 12.3. The monoisotopic (exact) mass is 345 g/mol. The van der Waals surface area contributed by atoms with Gasteiger partial charge in [0.05, 0.1) is 0 Å². The average Bonchev–Trinajstić information content (AvgIpc) is 2.63.